The first kappa shape index (κ1) is 10.5. The Morgan fingerprint density at radius 2 is 2.18 bits per heavy atom. The minimum Gasteiger partial charge on any atom is -0.400 e. The van der Waals surface area contributed by atoms with Gasteiger partial charge in [-0.05, 0) is 18.1 Å². The molecule has 2 aliphatic heterocycles. The average molecular weight is 229 g/mol. The first-order valence-corrected chi connectivity index (χ1v) is 5.64. The van der Waals surface area contributed by atoms with Crippen LogP contribution in [0.25, 0.3) is 0 Å². The molecule has 0 saturated carbocycles. The molecule has 0 fully saturated rings. The van der Waals surface area contributed by atoms with Crippen LogP contribution in [0, 0.1) is 5.41 Å². The van der Waals surface area contributed by atoms with E-state index in [2.05, 4.69) is 5.32 Å². The van der Waals surface area contributed by atoms with Gasteiger partial charge in [0.25, 0.3) is 0 Å². The summed E-state index contributed by atoms with van der Waals surface area (Å²) in [6, 6.07) is 7.88. The van der Waals surface area contributed by atoms with E-state index in [9.17, 15) is 5.11 Å². The lowest BCUT2D eigenvalue weighted by Gasteiger charge is -2.37. The molecule has 0 amide bonds. The Morgan fingerprint density at radius 3 is 2.88 bits per heavy atom. The van der Waals surface area contributed by atoms with Gasteiger partial charge in [-0.25, -0.2) is 0 Å². The second-order valence-corrected chi connectivity index (χ2v) is 4.82. The fourth-order valence-corrected chi connectivity index (χ4v) is 2.95. The van der Waals surface area contributed by atoms with Crippen molar-refractivity contribution in [2.45, 2.75) is 24.6 Å². The summed E-state index contributed by atoms with van der Waals surface area (Å²) in [5.74, 6) is 0. The van der Waals surface area contributed by atoms with Crippen molar-refractivity contribution in [2.75, 3.05) is 0 Å². The van der Waals surface area contributed by atoms with Gasteiger partial charge < -0.3 is 16.2 Å². The molecule has 3 rings (SSSR count). The Bertz CT molecular complexity index is 537. The van der Waals surface area contributed by atoms with E-state index in [0.717, 1.165) is 11.1 Å². The summed E-state index contributed by atoms with van der Waals surface area (Å²) in [7, 11) is 0. The van der Waals surface area contributed by atoms with Crippen LogP contribution in [0.4, 0.5) is 0 Å². The SMILES string of the molecule is CC12NC(C(C=N)=C(N)C1O)c1ccccc12. The zero-order valence-corrected chi connectivity index (χ0v) is 9.57. The number of nitrogens with two attached hydrogens (primary N) is 1. The maximum atomic E-state index is 10.3. The minimum atomic E-state index is -0.793. The van der Waals surface area contributed by atoms with Crippen LogP contribution >= 0.6 is 0 Å². The second kappa shape index (κ2) is 3.18. The monoisotopic (exact) mass is 229 g/mol. The minimum absolute atomic E-state index is 0.0721. The summed E-state index contributed by atoms with van der Waals surface area (Å²) in [4.78, 5) is 0. The number of aliphatic hydroxyl groups is 1. The molecule has 4 heteroatoms. The van der Waals surface area contributed by atoms with Crippen LogP contribution in [0.15, 0.2) is 35.5 Å². The summed E-state index contributed by atoms with van der Waals surface area (Å²) in [5, 5.41) is 21.2. The second-order valence-electron chi connectivity index (χ2n) is 4.82. The summed E-state index contributed by atoms with van der Waals surface area (Å²) in [5.41, 5.74) is 8.66. The van der Waals surface area contributed by atoms with Crippen LogP contribution in [0.5, 0.6) is 0 Å². The van der Waals surface area contributed by atoms with Gasteiger partial charge in [-0.15, -0.1) is 0 Å². The number of nitrogens with one attached hydrogen (secondary N) is 2. The highest BCUT2D eigenvalue weighted by Gasteiger charge is 2.50. The molecule has 2 heterocycles. The lowest BCUT2D eigenvalue weighted by Crippen LogP contribution is -2.52. The molecular formula is C13H15N3O. The third-order valence-corrected chi connectivity index (χ3v) is 3.92. The highest BCUT2D eigenvalue weighted by atomic mass is 16.3. The smallest absolute Gasteiger partial charge is 0.116 e. The summed E-state index contributed by atoms with van der Waals surface area (Å²) >= 11 is 0. The van der Waals surface area contributed by atoms with E-state index < -0.39 is 11.6 Å². The van der Waals surface area contributed by atoms with E-state index in [1.165, 1.54) is 6.21 Å². The van der Waals surface area contributed by atoms with E-state index in [4.69, 9.17) is 11.1 Å². The maximum Gasteiger partial charge on any atom is 0.116 e. The molecular weight excluding hydrogens is 214 g/mol. The van der Waals surface area contributed by atoms with Gasteiger partial charge in [0.2, 0.25) is 0 Å². The molecule has 3 unspecified atom stereocenters. The van der Waals surface area contributed by atoms with Crippen LogP contribution in [0.1, 0.15) is 24.1 Å². The quantitative estimate of drug-likeness (QED) is 0.537. The van der Waals surface area contributed by atoms with Crippen LogP contribution < -0.4 is 11.1 Å². The maximum absolute atomic E-state index is 10.3. The molecule has 1 aromatic rings. The topological polar surface area (TPSA) is 82.1 Å². The van der Waals surface area contributed by atoms with E-state index >= 15 is 0 Å². The van der Waals surface area contributed by atoms with E-state index in [1.54, 1.807) is 0 Å². The van der Waals surface area contributed by atoms with Crippen molar-refractivity contribution in [3.8, 4) is 0 Å². The van der Waals surface area contributed by atoms with Crippen molar-refractivity contribution in [1.29, 1.82) is 5.41 Å². The molecule has 0 aromatic heterocycles. The number of fused-ring (bicyclic) bond motifs is 5. The third kappa shape index (κ3) is 1.11. The van der Waals surface area contributed by atoms with Crippen molar-refractivity contribution in [2.24, 2.45) is 5.73 Å². The Morgan fingerprint density at radius 1 is 1.47 bits per heavy atom. The van der Waals surface area contributed by atoms with Gasteiger partial charge in [-0.1, -0.05) is 24.3 Å². The molecule has 0 radical (unpaired) electrons. The first-order valence-electron chi connectivity index (χ1n) is 5.64. The molecule has 1 aromatic carbocycles. The molecule has 0 spiro atoms. The Hall–Kier alpha value is -1.65. The van der Waals surface area contributed by atoms with Gasteiger partial charge in [0.05, 0.1) is 11.6 Å². The zero-order chi connectivity index (χ0) is 12.2. The standard InChI is InChI=1S/C13H15N3O/c1-13-9-5-3-2-4-7(9)11(16-13)8(6-14)10(15)12(13)17/h2-6,11-12,14,16-17H,15H2,1H3. The van der Waals surface area contributed by atoms with Crippen molar-refractivity contribution in [3.63, 3.8) is 0 Å². The Labute approximate surface area is 99.7 Å². The largest absolute Gasteiger partial charge is 0.400 e. The van der Waals surface area contributed by atoms with Crippen LogP contribution in [-0.2, 0) is 5.54 Å². The normalized spacial score (nSPS) is 34.7. The van der Waals surface area contributed by atoms with E-state index in [0.29, 0.717) is 11.3 Å². The number of hydrogen-bond acceptors (Lipinski definition) is 4. The molecule has 2 bridgehead atoms. The van der Waals surface area contributed by atoms with Crippen LogP contribution in [-0.4, -0.2) is 17.4 Å². The third-order valence-electron chi connectivity index (χ3n) is 3.92. The van der Waals surface area contributed by atoms with Gasteiger partial charge in [-0.3, -0.25) is 5.32 Å². The molecule has 88 valence electrons. The average Bonchev–Trinajstić information content (AvgIpc) is 2.62. The fourth-order valence-electron chi connectivity index (χ4n) is 2.95. The molecule has 3 atom stereocenters. The lowest BCUT2D eigenvalue weighted by atomic mass is 9.85. The van der Waals surface area contributed by atoms with E-state index in [1.807, 2.05) is 31.2 Å². The van der Waals surface area contributed by atoms with Crippen molar-refractivity contribution in [3.05, 3.63) is 46.7 Å². The molecule has 4 nitrogen and oxygen atoms in total. The molecule has 17 heavy (non-hydrogen) atoms. The summed E-state index contributed by atoms with van der Waals surface area (Å²) in [6.07, 6.45) is 0.441. The Kier molecular flexibility index (Phi) is 1.97. The Balaban J connectivity index is 2.30. The highest BCUT2D eigenvalue weighted by molar-refractivity contribution is 5.81. The van der Waals surface area contributed by atoms with Gasteiger partial charge in [-0.2, -0.15) is 0 Å². The van der Waals surface area contributed by atoms with Gasteiger partial charge in [0.1, 0.15) is 6.10 Å². The summed E-state index contributed by atoms with van der Waals surface area (Å²) < 4.78 is 0. The predicted molar refractivity (Wildman–Crippen MR) is 65.7 cm³/mol. The van der Waals surface area contributed by atoms with Crippen molar-refractivity contribution < 1.29 is 5.11 Å². The summed E-state index contributed by atoms with van der Waals surface area (Å²) in [6.45, 7) is 1.95. The van der Waals surface area contributed by atoms with Crippen LogP contribution in [0.3, 0.4) is 0 Å². The fraction of sp³-hybridized carbons (Fsp3) is 0.308. The highest BCUT2D eigenvalue weighted by Crippen LogP contribution is 2.47. The molecule has 0 aliphatic carbocycles. The number of aliphatic hydroxyl groups excluding tert-OH is 1. The molecule has 5 N–H and O–H groups in total. The van der Waals surface area contributed by atoms with Gasteiger partial charge in [0, 0.05) is 17.5 Å². The molecule has 0 saturated heterocycles. The van der Waals surface area contributed by atoms with Gasteiger partial charge >= 0.3 is 0 Å². The van der Waals surface area contributed by atoms with Crippen LogP contribution in [0.2, 0.25) is 0 Å². The lowest BCUT2D eigenvalue weighted by molar-refractivity contribution is 0.0910. The van der Waals surface area contributed by atoms with Gasteiger partial charge in [0.15, 0.2) is 0 Å². The first-order chi connectivity index (χ1) is 8.09. The number of rotatable bonds is 1. The van der Waals surface area contributed by atoms with Crippen molar-refractivity contribution in [1.82, 2.24) is 5.32 Å². The van der Waals surface area contributed by atoms with E-state index in [-0.39, 0.29) is 6.04 Å². The molecule has 2 aliphatic rings. The zero-order valence-electron chi connectivity index (χ0n) is 9.57. The predicted octanol–water partition coefficient (Wildman–Crippen LogP) is 0.783. The number of hydrogen-bond donors (Lipinski definition) is 4. The van der Waals surface area contributed by atoms with Crippen molar-refractivity contribution >= 4 is 6.21 Å². The number of benzene rings is 1.